The zero-order valence-corrected chi connectivity index (χ0v) is 47.3. The third-order valence-corrected chi connectivity index (χ3v) is 13.2. The van der Waals surface area contributed by atoms with Crippen LogP contribution in [0.2, 0.25) is 0 Å². The number of carbonyl (C=O) groups excluding carboxylic acids is 3. The summed E-state index contributed by atoms with van der Waals surface area (Å²) in [5.74, 6) is -1.62. The van der Waals surface area contributed by atoms with Crippen molar-refractivity contribution < 1.29 is 64.8 Å². The van der Waals surface area contributed by atoms with E-state index in [9.17, 15) is 55.3 Å². The molecule has 0 radical (unpaired) electrons. The third-order valence-electron chi connectivity index (χ3n) is 13.2. The molecule has 1 aliphatic rings. The molecule has 9 rings (SSSR count). The van der Waals surface area contributed by atoms with Crippen LogP contribution in [0.15, 0.2) is 85.1 Å². The van der Waals surface area contributed by atoms with Crippen LogP contribution in [-0.2, 0) is 19.9 Å². The van der Waals surface area contributed by atoms with Gasteiger partial charge in [-0.05, 0) is 145 Å². The number of ether oxygens (including phenoxy) is 2. The summed E-state index contributed by atoms with van der Waals surface area (Å²) in [6.45, 7) is 18.4. The Hall–Kier alpha value is -8.26. The lowest BCUT2D eigenvalue weighted by atomic mass is 9.78. The lowest BCUT2D eigenvalue weighted by molar-refractivity contribution is -0.275. The maximum Gasteiger partial charge on any atom is 0.573 e. The number of aromatic nitrogens is 9. The summed E-state index contributed by atoms with van der Waals surface area (Å²) in [6, 6.07) is 18.6. The summed E-state index contributed by atoms with van der Waals surface area (Å²) in [7, 11) is 0. The molecule has 6 heterocycles. The number of nitrogens with one attached hydrogen (secondary N) is 3. The van der Waals surface area contributed by atoms with E-state index >= 15 is 0 Å². The Morgan fingerprint density at radius 1 is 0.590 bits per heavy atom. The van der Waals surface area contributed by atoms with Crippen molar-refractivity contribution in [3.8, 4) is 22.9 Å². The highest BCUT2D eigenvalue weighted by Crippen LogP contribution is 2.43. The molecule has 2 aromatic carbocycles. The van der Waals surface area contributed by atoms with Crippen LogP contribution in [0, 0.1) is 25.1 Å². The van der Waals surface area contributed by atoms with Gasteiger partial charge in [0.05, 0.1) is 41.6 Å². The van der Waals surface area contributed by atoms with Crippen molar-refractivity contribution >= 4 is 69.1 Å². The van der Waals surface area contributed by atoms with Crippen LogP contribution in [0.3, 0.4) is 0 Å². The van der Waals surface area contributed by atoms with Crippen molar-refractivity contribution in [2.45, 2.75) is 150 Å². The largest absolute Gasteiger partial charge is 0.573 e. The number of benzene rings is 2. The normalized spacial score (nSPS) is 13.6. The molecule has 444 valence electrons. The molecular formula is C57H65F7N12O7. The molecule has 1 fully saturated rings. The van der Waals surface area contributed by atoms with Gasteiger partial charge in [-0.3, -0.25) is 44.0 Å². The highest BCUT2D eigenvalue weighted by atomic mass is 19.4. The number of nitrogens with zero attached hydrogens (tertiary/aromatic N) is 9. The Balaban J connectivity index is 0.000000180. The predicted molar refractivity (Wildman–Crippen MR) is 297 cm³/mol. The summed E-state index contributed by atoms with van der Waals surface area (Å²) in [4.78, 5) is 63.4. The number of hydrogen-bond acceptors (Lipinski definition) is 13. The molecule has 0 saturated heterocycles. The second kappa shape index (κ2) is 24.3. The van der Waals surface area contributed by atoms with E-state index in [0.717, 1.165) is 66.2 Å². The first kappa shape index (κ1) is 62.3. The molecule has 0 bridgehead atoms. The smallest absolute Gasteiger partial charge is 0.406 e. The Morgan fingerprint density at radius 3 is 1.48 bits per heavy atom. The molecule has 0 aliphatic heterocycles. The van der Waals surface area contributed by atoms with Crippen molar-refractivity contribution in [1.29, 1.82) is 0 Å². The van der Waals surface area contributed by atoms with E-state index in [1.54, 1.807) is 19.1 Å². The zero-order valence-electron chi connectivity index (χ0n) is 47.3. The molecule has 83 heavy (non-hydrogen) atoms. The summed E-state index contributed by atoms with van der Waals surface area (Å²) in [5.41, 5.74) is 2.85. The number of carbonyl (C=O) groups is 3. The van der Waals surface area contributed by atoms with Crippen LogP contribution < -0.4 is 25.4 Å². The van der Waals surface area contributed by atoms with Crippen LogP contribution in [0.1, 0.15) is 118 Å². The molecule has 6 aromatic heterocycles. The molecule has 0 atom stereocenters. The van der Waals surface area contributed by atoms with Crippen LogP contribution in [0.25, 0.3) is 44.9 Å². The Labute approximate surface area is 472 Å². The van der Waals surface area contributed by atoms with E-state index in [1.807, 2.05) is 53.7 Å². The van der Waals surface area contributed by atoms with E-state index in [0.29, 0.717) is 47.0 Å². The molecule has 3 amide bonds. The first-order valence-electron chi connectivity index (χ1n) is 26.5. The number of rotatable bonds is 15. The first-order chi connectivity index (χ1) is 38.6. The molecule has 26 heteroatoms. The number of hydrogen-bond donors (Lipinski definition) is 5. The molecular weight excluding hydrogens is 1100 g/mol. The SMILES string of the molecule is CC(C)(C)CC(=O)Nc1nc2cc(F)cnc2n1-c1ccc(OC(F)(F)F)cc1.CCC(O)(CC)CC(=O)Nc1nc2ccc(C)nc2n1C1(C)CCC1.Cc1ccc2nc(NC(=O)CC(C)(C)O)n(-c3ccc(OC(F)(F)F)cc3)c2n1. The second-order valence-corrected chi connectivity index (χ2v) is 22.3. The minimum absolute atomic E-state index is 0.0655. The first-order valence-corrected chi connectivity index (χ1v) is 26.5. The Kier molecular flexibility index (Phi) is 18.2. The number of pyridine rings is 3. The van der Waals surface area contributed by atoms with Gasteiger partial charge in [0.2, 0.25) is 35.6 Å². The minimum atomic E-state index is -4.81. The van der Waals surface area contributed by atoms with E-state index in [-0.39, 0.29) is 70.8 Å². The van der Waals surface area contributed by atoms with Gasteiger partial charge >= 0.3 is 12.7 Å². The van der Waals surface area contributed by atoms with E-state index in [2.05, 4.69) is 66.8 Å². The Morgan fingerprint density at radius 2 is 1.02 bits per heavy atom. The predicted octanol–water partition coefficient (Wildman–Crippen LogP) is 12.1. The van der Waals surface area contributed by atoms with Crippen LogP contribution in [0.4, 0.5) is 48.6 Å². The van der Waals surface area contributed by atoms with Crippen molar-refractivity contribution in [3.63, 3.8) is 0 Å². The molecule has 5 N–H and O–H groups in total. The number of alkyl halides is 6. The van der Waals surface area contributed by atoms with Gasteiger partial charge in [0, 0.05) is 29.4 Å². The van der Waals surface area contributed by atoms with Gasteiger partial charge < -0.3 is 19.7 Å². The minimum Gasteiger partial charge on any atom is -0.406 e. The van der Waals surface area contributed by atoms with Gasteiger partial charge in [-0.15, -0.1) is 26.3 Å². The number of amides is 3. The zero-order chi connectivity index (χ0) is 61.0. The fourth-order valence-corrected chi connectivity index (χ4v) is 8.98. The standard InChI is InChI=1S/C19H18F4N4O2.C19H19F3N4O3.C19H28N4O2/c1-18(2,3)9-15(28)26-17-25-14-8-11(20)10-24-16(14)27(17)12-4-6-13(7-5-12)29-19(21,22)23;1-11-4-9-14-16(23-11)26(17(24-14)25-15(27)10-18(2,3)28)12-5-7-13(8-6-12)29-19(20,21)22;1-5-19(25,6-2)12-15(24)22-17-21-14-9-8-13(3)20-16(14)23(17)18(4)10-7-11-18/h4-8,10H,9H2,1-3H3,(H,25,26,28);4-9,28H,10H2,1-3H3,(H,24,25,27);8-9,25H,5-7,10-12H2,1-4H3,(H,21,22,24). The number of aryl methyl sites for hydroxylation is 2. The van der Waals surface area contributed by atoms with Crippen molar-refractivity contribution in [3.05, 3.63) is 102 Å². The summed E-state index contributed by atoms with van der Waals surface area (Å²) in [6.07, 6.45) is -4.15. The highest BCUT2D eigenvalue weighted by molar-refractivity contribution is 5.94. The Bertz CT molecular complexity index is 3580. The highest BCUT2D eigenvalue weighted by Gasteiger charge is 2.39. The van der Waals surface area contributed by atoms with Gasteiger partial charge in [-0.25, -0.2) is 34.3 Å². The topological polar surface area (TPSA) is 238 Å². The van der Waals surface area contributed by atoms with Crippen LogP contribution in [0.5, 0.6) is 11.5 Å². The molecule has 1 saturated carbocycles. The lowest BCUT2D eigenvalue weighted by Gasteiger charge is -2.40. The summed E-state index contributed by atoms with van der Waals surface area (Å²) < 4.78 is 101. The number of imidazole rings is 3. The summed E-state index contributed by atoms with van der Waals surface area (Å²) >= 11 is 0. The van der Waals surface area contributed by atoms with Crippen molar-refractivity contribution in [2.75, 3.05) is 16.0 Å². The van der Waals surface area contributed by atoms with Crippen LogP contribution in [-0.4, -0.2) is 95.5 Å². The van der Waals surface area contributed by atoms with E-state index in [4.69, 9.17) is 0 Å². The average Bonchev–Trinajstić information content (AvgIpc) is 3.30. The molecule has 0 unspecified atom stereocenters. The monoisotopic (exact) mass is 1160 g/mol. The molecule has 0 spiro atoms. The van der Waals surface area contributed by atoms with E-state index < -0.39 is 41.4 Å². The second-order valence-electron chi connectivity index (χ2n) is 22.3. The maximum absolute atomic E-state index is 13.6. The molecule has 8 aromatic rings. The fraction of sp³-hybridized carbons (Fsp3) is 0.421. The number of fused-ring (bicyclic) bond motifs is 3. The fourth-order valence-electron chi connectivity index (χ4n) is 8.98. The van der Waals surface area contributed by atoms with Crippen molar-refractivity contribution in [2.24, 2.45) is 5.41 Å². The molecule has 1 aliphatic carbocycles. The van der Waals surface area contributed by atoms with Gasteiger partial charge in [0.1, 0.15) is 33.9 Å². The van der Waals surface area contributed by atoms with Crippen LogP contribution >= 0.6 is 0 Å². The van der Waals surface area contributed by atoms with Gasteiger partial charge in [-0.1, -0.05) is 34.6 Å². The number of anilines is 3. The quantitative estimate of drug-likeness (QED) is 0.0601. The third kappa shape index (κ3) is 16.5. The van der Waals surface area contributed by atoms with E-state index in [1.165, 1.54) is 53.7 Å². The lowest BCUT2D eigenvalue weighted by Crippen LogP contribution is -2.39. The van der Waals surface area contributed by atoms with Crippen molar-refractivity contribution in [1.82, 2.24) is 43.6 Å². The number of aliphatic hydroxyl groups is 2. The van der Waals surface area contributed by atoms with Gasteiger partial charge in [0.25, 0.3) is 0 Å². The molecule has 19 nitrogen and oxygen atoms in total. The van der Waals surface area contributed by atoms with Gasteiger partial charge in [0.15, 0.2) is 16.9 Å². The summed E-state index contributed by atoms with van der Waals surface area (Å²) in [5, 5.41) is 28.5. The number of halogens is 7. The average molecular weight is 1160 g/mol. The maximum atomic E-state index is 13.6. The van der Waals surface area contributed by atoms with Gasteiger partial charge in [-0.2, -0.15) is 0 Å².